The van der Waals surface area contributed by atoms with Crippen molar-refractivity contribution in [2.24, 2.45) is 5.16 Å². The number of aliphatic hydroxyl groups excluding tert-OH is 1. The molecule has 0 fully saturated rings. The van der Waals surface area contributed by atoms with Crippen LogP contribution < -0.4 is 5.32 Å². The molecule has 1 amide bonds. The van der Waals surface area contributed by atoms with Crippen LogP contribution in [0, 0.1) is 0 Å². The van der Waals surface area contributed by atoms with Crippen molar-refractivity contribution in [1.29, 1.82) is 0 Å². The first kappa shape index (κ1) is 21.8. The van der Waals surface area contributed by atoms with Gasteiger partial charge in [-0.05, 0) is 60.3 Å². The minimum atomic E-state index is -0.711. The third-order valence-corrected chi connectivity index (χ3v) is 5.90. The van der Waals surface area contributed by atoms with Gasteiger partial charge in [-0.15, -0.1) is 11.3 Å². The second-order valence-corrected chi connectivity index (χ2v) is 8.26. The number of carbonyl (C=O) groups excluding carboxylic acids is 2. The topological polar surface area (TPSA) is 88.0 Å². The van der Waals surface area contributed by atoms with E-state index in [2.05, 4.69) is 10.5 Å². The smallest absolute Gasteiger partial charge is 0.395 e. The fourth-order valence-corrected chi connectivity index (χ4v) is 3.98. The first-order chi connectivity index (χ1) is 14.6. The van der Waals surface area contributed by atoms with Crippen molar-refractivity contribution >= 4 is 40.7 Å². The van der Waals surface area contributed by atoms with E-state index in [1.54, 1.807) is 18.7 Å². The highest BCUT2D eigenvalue weighted by Crippen LogP contribution is 2.28. The van der Waals surface area contributed by atoms with Gasteiger partial charge in [-0.2, -0.15) is 0 Å². The Kier molecular flexibility index (Phi) is 7.78. The number of aliphatic hydroxyl groups is 1. The molecule has 0 saturated carbocycles. The number of amides is 1. The number of hydrogen-bond acceptors (Lipinski definition) is 7. The molecule has 0 bridgehead atoms. The summed E-state index contributed by atoms with van der Waals surface area (Å²) in [5, 5.41) is 16.7. The van der Waals surface area contributed by atoms with E-state index in [4.69, 9.17) is 9.94 Å². The van der Waals surface area contributed by atoms with E-state index in [1.807, 2.05) is 66.0 Å². The van der Waals surface area contributed by atoms with E-state index in [0.717, 1.165) is 20.2 Å². The number of ketones is 1. The number of carbonyl (C=O) groups is 2. The quantitative estimate of drug-likeness (QED) is 0.232. The van der Waals surface area contributed by atoms with Gasteiger partial charge in [0.15, 0.2) is 0 Å². The molecule has 0 radical (unpaired) electrons. The van der Waals surface area contributed by atoms with Gasteiger partial charge in [0, 0.05) is 21.9 Å². The van der Waals surface area contributed by atoms with Gasteiger partial charge in [-0.1, -0.05) is 35.1 Å². The van der Waals surface area contributed by atoms with Gasteiger partial charge in [0.25, 0.3) is 0 Å². The Balaban J connectivity index is 1.59. The maximum absolute atomic E-state index is 12.4. The first-order valence-electron chi connectivity index (χ1n) is 9.13. The van der Waals surface area contributed by atoms with E-state index in [-0.39, 0.29) is 18.9 Å². The largest absolute Gasteiger partial charge is 0.433 e. The molecule has 0 atom stereocenters. The molecule has 0 saturated heterocycles. The maximum Gasteiger partial charge on any atom is 0.433 e. The SMILES string of the molecule is C/C(=N\OC(=O)NCCO)c1ccc(Sc2ccc(C(=O)c3cccs3)cc2)cc1. The van der Waals surface area contributed by atoms with Gasteiger partial charge in [0.1, 0.15) is 0 Å². The van der Waals surface area contributed by atoms with E-state index in [1.165, 1.54) is 11.3 Å². The molecule has 154 valence electrons. The van der Waals surface area contributed by atoms with Crippen LogP contribution in [0.1, 0.15) is 27.7 Å². The van der Waals surface area contributed by atoms with Crippen LogP contribution in [0.15, 0.2) is 81.0 Å². The number of oxime groups is 1. The summed E-state index contributed by atoms with van der Waals surface area (Å²) >= 11 is 3.02. The lowest BCUT2D eigenvalue weighted by Crippen LogP contribution is -2.26. The zero-order valence-corrected chi connectivity index (χ0v) is 17.8. The van der Waals surface area contributed by atoms with Crippen molar-refractivity contribution in [2.75, 3.05) is 13.2 Å². The molecule has 0 aliphatic rings. The Labute approximate surface area is 182 Å². The molecule has 1 aromatic heterocycles. The van der Waals surface area contributed by atoms with Crippen molar-refractivity contribution in [3.63, 3.8) is 0 Å². The highest BCUT2D eigenvalue weighted by molar-refractivity contribution is 7.99. The summed E-state index contributed by atoms with van der Waals surface area (Å²) in [6.45, 7) is 1.69. The zero-order chi connectivity index (χ0) is 21.3. The third-order valence-electron chi connectivity index (χ3n) is 4.02. The Hall–Kier alpha value is -2.94. The minimum absolute atomic E-state index is 0.0351. The average molecular weight is 441 g/mol. The van der Waals surface area contributed by atoms with Crippen LogP contribution in [0.5, 0.6) is 0 Å². The molecule has 1 heterocycles. The lowest BCUT2D eigenvalue weighted by atomic mass is 10.1. The first-order valence-corrected chi connectivity index (χ1v) is 10.8. The van der Waals surface area contributed by atoms with Crippen LogP contribution in [0.4, 0.5) is 4.79 Å². The number of nitrogens with zero attached hydrogens (tertiary/aromatic N) is 1. The third kappa shape index (κ3) is 6.03. The Morgan fingerprint density at radius 2 is 1.67 bits per heavy atom. The van der Waals surface area contributed by atoms with Gasteiger partial charge in [-0.3, -0.25) is 9.63 Å². The van der Waals surface area contributed by atoms with E-state index in [0.29, 0.717) is 11.3 Å². The minimum Gasteiger partial charge on any atom is -0.395 e. The predicted molar refractivity (Wildman–Crippen MR) is 119 cm³/mol. The molecule has 30 heavy (non-hydrogen) atoms. The number of rotatable bonds is 8. The van der Waals surface area contributed by atoms with Crippen molar-refractivity contribution in [3.8, 4) is 0 Å². The molecular weight excluding hydrogens is 420 g/mol. The number of nitrogens with one attached hydrogen (secondary N) is 1. The molecule has 0 spiro atoms. The molecule has 3 rings (SSSR count). The number of benzene rings is 2. The van der Waals surface area contributed by atoms with Crippen LogP contribution in [0.2, 0.25) is 0 Å². The molecule has 0 aliphatic heterocycles. The molecule has 3 aromatic rings. The summed E-state index contributed by atoms with van der Waals surface area (Å²) < 4.78 is 0. The fraction of sp³-hybridized carbons (Fsp3) is 0.136. The highest BCUT2D eigenvalue weighted by Gasteiger charge is 2.10. The summed E-state index contributed by atoms with van der Waals surface area (Å²) in [7, 11) is 0. The van der Waals surface area contributed by atoms with Crippen LogP contribution in [0.25, 0.3) is 0 Å². The van der Waals surface area contributed by atoms with Gasteiger partial charge in [0.05, 0.1) is 17.2 Å². The molecule has 8 heteroatoms. The van der Waals surface area contributed by atoms with Gasteiger partial charge < -0.3 is 10.4 Å². The van der Waals surface area contributed by atoms with Gasteiger partial charge in [-0.25, -0.2) is 4.79 Å². The van der Waals surface area contributed by atoms with Crippen molar-refractivity contribution in [2.45, 2.75) is 16.7 Å². The van der Waals surface area contributed by atoms with Crippen LogP contribution in [0.3, 0.4) is 0 Å². The molecule has 2 aromatic carbocycles. The summed E-state index contributed by atoms with van der Waals surface area (Å²) in [6.07, 6.45) is -0.711. The summed E-state index contributed by atoms with van der Waals surface area (Å²) in [5.41, 5.74) is 2.06. The molecular formula is C22H20N2O4S2. The summed E-state index contributed by atoms with van der Waals surface area (Å²) in [4.78, 5) is 31.3. The normalized spacial score (nSPS) is 11.2. The fourth-order valence-electron chi connectivity index (χ4n) is 2.48. The Bertz CT molecular complexity index is 1010. The average Bonchev–Trinajstić information content (AvgIpc) is 3.31. The zero-order valence-electron chi connectivity index (χ0n) is 16.2. The molecule has 2 N–H and O–H groups in total. The van der Waals surface area contributed by atoms with E-state index < -0.39 is 6.09 Å². The monoisotopic (exact) mass is 440 g/mol. The van der Waals surface area contributed by atoms with Gasteiger partial charge >= 0.3 is 6.09 Å². The second kappa shape index (κ2) is 10.7. The van der Waals surface area contributed by atoms with Gasteiger partial charge in [0.2, 0.25) is 5.78 Å². The molecule has 0 aliphatic carbocycles. The molecule has 0 unspecified atom stereocenters. The number of hydrogen-bond donors (Lipinski definition) is 2. The Morgan fingerprint density at radius 1 is 1.03 bits per heavy atom. The predicted octanol–water partition coefficient (Wildman–Crippen LogP) is 4.57. The summed E-state index contributed by atoms with van der Waals surface area (Å²) in [5.74, 6) is 0.0351. The highest BCUT2D eigenvalue weighted by atomic mass is 32.2. The summed E-state index contributed by atoms with van der Waals surface area (Å²) in [6, 6.07) is 19.0. The van der Waals surface area contributed by atoms with Crippen molar-refractivity contribution in [3.05, 3.63) is 82.0 Å². The second-order valence-electron chi connectivity index (χ2n) is 6.16. The Morgan fingerprint density at radius 3 is 2.23 bits per heavy atom. The van der Waals surface area contributed by atoms with Crippen molar-refractivity contribution in [1.82, 2.24) is 5.32 Å². The molecule has 6 nitrogen and oxygen atoms in total. The lowest BCUT2D eigenvalue weighted by molar-refractivity contribution is 0.104. The van der Waals surface area contributed by atoms with Crippen LogP contribution in [-0.2, 0) is 4.84 Å². The lowest BCUT2D eigenvalue weighted by Gasteiger charge is -2.05. The van der Waals surface area contributed by atoms with Crippen molar-refractivity contribution < 1.29 is 19.5 Å². The van der Waals surface area contributed by atoms with Crippen LogP contribution >= 0.6 is 23.1 Å². The number of thiophene rings is 1. The van der Waals surface area contributed by atoms with E-state index in [9.17, 15) is 9.59 Å². The maximum atomic E-state index is 12.4. The standard InChI is InChI=1S/C22H20N2O4S2/c1-15(24-28-22(27)23-12-13-25)16-4-8-18(9-5-16)30-19-10-6-17(7-11-19)21(26)20-3-2-14-29-20/h2-11,14,25H,12-13H2,1H3,(H,23,27)/b24-15+. The van der Waals surface area contributed by atoms with Crippen LogP contribution in [-0.4, -0.2) is 35.8 Å². The van der Waals surface area contributed by atoms with E-state index >= 15 is 0 Å².